The highest BCUT2D eigenvalue weighted by molar-refractivity contribution is 6.61. The van der Waals surface area contributed by atoms with Crippen LogP contribution in [0.2, 0.25) is 0 Å². The molecule has 3 aromatic heterocycles. The summed E-state index contributed by atoms with van der Waals surface area (Å²) in [5, 5.41) is 45.0. The van der Waals surface area contributed by atoms with Crippen molar-refractivity contribution in [2.24, 2.45) is 0 Å². The standard InChI is InChI=1S/C25H28BN7O5/c1-24(2,35)22-33-32-21(37-22)15-11-27-19(10-17(15)29-18(13-34)14-8-6-5-7-9-14)30-23-28-12-16-20(31-23)25(3,4)38-26(16)36/h5-12,18,34-36H,13H2,1-4H3,(H2,27,28,29,30,31)/t18-/m1/s1. The zero-order chi connectivity index (χ0) is 27.1. The summed E-state index contributed by atoms with van der Waals surface area (Å²) in [4.78, 5) is 13.3. The van der Waals surface area contributed by atoms with Crippen molar-refractivity contribution in [2.45, 2.75) is 44.9 Å². The first-order valence-electron chi connectivity index (χ1n) is 12.0. The Hall–Kier alpha value is -3.91. The molecule has 13 heteroatoms. The maximum atomic E-state index is 10.3. The van der Waals surface area contributed by atoms with E-state index < -0.39 is 24.4 Å². The minimum atomic E-state index is -1.32. The Morgan fingerprint density at radius 3 is 2.55 bits per heavy atom. The van der Waals surface area contributed by atoms with Crippen molar-refractivity contribution in [1.82, 2.24) is 25.1 Å². The molecule has 0 saturated heterocycles. The van der Waals surface area contributed by atoms with Gasteiger partial charge in [0.05, 0.1) is 35.2 Å². The number of aromatic nitrogens is 5. The topological polar surface area (TPSA) is 172 Å². The second-order valence-electron chi connectivity index (χ2n) is 9.98. The fraction of sp³-hybridized carbons (Fsp3) is 0.320. The molecule has 0 saturated carbocycles. The van der Waals surface area contributed by atoms with Gasteiger partial charge in [0, 0.05) is 23.9 Å². The van der Waals surface area contributed by atoms with Crippen LogP contribution in [0.1, 0.15) is 50.9 Å². The minimum Gasteiger partial charge on any atom is -0.423 e. The zero-order valence-electron chi connectivity index (χ0n) is 21.4. The van der Waals surface area contributed by atoms with Crippen LogP contribution < -0.4 is 16.1 Å². The molecule has 0 aliphatic carbocycles. The largest absolute Gasteiger partial charge is 0.495 e. The van der Waals surface area contributed by atoms with Crippen molar-refractivity contribution in [3.63, 3.8) is 0 Å². The number of hydrogen-bond donors (Lipinski definition) is 5. The molecule has 0 unspecified atom stereocenters. The summed E-state index contributed by atoms with van der Waals surface area (Å²) in [5.74, 6) is 0.876. The number of aliphatic hydroxyl groups is 2. The average Bonchev–Trinajstić information content (AvgIpc) is 3.46. The lowest BCUT2D eigenvalue weighted by atomic mass is 9.82. The molecule has 4 aromatic rings. The maximum Gasteiger partial charge on any atom is 0.495 e. The third-order valence-electron chi connectivity index (χ3n) is 6.10. The Morgan fingerprint density at radius 1 is 1.11 bits per heavy atom. The first kappa shape index (κ1) is 25.7. The van der Waals surface area contributed by atoms with Crippen LogP contribution in [0.15, 0.2) is 53.2 Å². The summed E-state index contributed by atoms with van der Waals surface area (Å²) < 4.78 is 11.3. The van der Waals surface area contributed by atoms with Crippen molar-refractivity contribution >= 4 is 30.0 Å². The molecule has 0 radical (unpaired) electrons. The normalized spacial score (nSPS) is 15.3. The number of rotatable bonds is 8. The molecule has 0 fully saturated rings. The van der Waals surface area contributed by atoms with E-state index in [1.807, 2.05) is 44.2 Å². The van der Waals surface area contributed by atoms with Gasteiger partial charge in [0.25, 0.3) is 5.89 Å². The SMILES string of the molecule is CC(C)(O)c1nnc(-c2cnc(Nc3ncc4c(n3)C(C)(C)OB4O)cc2N[C@H](CO)c2ccccc2)o1. The van der Waals surface area contributed by atoms with Crippen molar-refractivity contribution in [3.05, 3.63) is 65.9 Å². The minimum absolute atomic E-state index is 0.0565. The Kier molecular flexibility index (Phi) is 6.61. The zero-order valence-corrected chi connectivity index (χ0v) is 21.4. The maximum absolute atomic E-state index is 10.3. The van der Waals surface area contributed by atoms with E-state index in [-0.39, 0.29) is 24.3 Å². The van der Waals surface area contributed by atoms with E-state index in [4.69, 9.17) is 9.07 Å². The lowest BCUT2D eigenvalue weighted by Crippen LogP contribution is -2.29. The predicted octanol–water partition coefficient (Wildman–Crippen LogP) is 1.99. The lowest BCUT2D eigenvalue weighted by Gasteiger charge is -2.20. The number of fused-ring (bicyclic) bond motifs is 1. The summed E-state index contributed by atoms with van der Waals surface area (Å²) in [5.41, 5.74) is 0.875. The third kappa shape index (κ3) is 5.09. The highest BCUT2D eigenvalue weighted by Crippen LogP contribution is 2.34. The van der Waals surface area contributed by atoms with Crippen LogP contribution in [0.4, 0.5) is 17.5 Å². The van der Waals surface area contributed by atoms with E-state index >= 15 is 0 Å². The fourth-order valence-electron chi connectivity index (χ4n) is 4.13. The molecule has 5 rings (SSSR count). The molecular weight excluding hydrogens is 489 g/mol. The monoisotopic (exact) mass is 517 g/mol. The van der Waals surface area contributed by atoms with Gasteiger partial charge in [-0.1, -0.05) is 30.3 Å². The molecule has 0 amide bonds. The van der Waals surface area contributed by atoms with E-state index in [0.717, 1.165) is 5.56 Å². The summed E-state index contributed by atoms with van der Waals surface area (Å²) in [6.07, 6.45) is 3.06. The van der Waals surface area contributed by atoms with Gasteiger partial charge in [-0.3, -0.25) is 0 Å². The van der Waals surface area contributed by atoms with Crippen LogP contribution in [-0.2, 0) is 15.9 Å². The Morgan fingerprint density at radius 2 is 1.87 bits per heavy atom. The van der Waals surface area contributed by atoms with Gasteiger partial charge in [0.15, 0.2) is 0 Å². The van der Waals surface area contributed by atoms with Crippen molar-refractivity contribution < 1.29 is 24.3 Å². The van der Waals surface area contributed by atoms with Crippen LogP contribution in [0.25, 0.3) is 11.5 Å². The van der Waals surface area contributed by atoms with Crippen LogP contribution in [0, 0.1) is 0 Å². The smallest absolute Gasteiger partial charge is 0.423 e. The Labute approximate surface area is 219 Å². The van der Waals surface area contributed by atoms with Crippen LogP contribution in [-0.4, -0.2) is 54.1 Å². The number of benzene rings is 1. The van der Waals surface area contributed by atoms with E-state index in [1.54, 1.807) is 19.9 Å². The number of anilines is 3. The number of hydrogen-bond acceptors (Lipinski definition) is 12. The lowest BCUT2D eigenvalue weighted by molar-refractivity contribution is 0.0488. The molecule has 0 spiro atoms. The summed E-state index contributed by atoms with van der Waals surface area (Å²) in [6, 6.07) is 10.8. The summed E-state index contributed by atoms with van der Waals surface area (Å²) in [6.45, 7) is 6.55. The second kappa shape index (κ2) is 9.76. The van der Waals surface area contributed by atoms with Gasteiger partial charge in [-0.15, -0.1) is 10.2 Å². The molecule has 196 valence electrons. The van der Waals surface area contributed by atoms with E-state index in [2.05, 4.69) is 35.8 Å². The fourth-order valence-corrected chi connectivity index (χ4v) is 4.13. The molecule has 0 bridgehead atoms. The highest BCUT2D eigenvalue weighted by atomic mass is 16.5. The molecule has 1 aliphatic rings. The van der Waals surface area contributed by atoms with Gasteiger partial charge in [0.1, 0.15) is 11.4 Å². The van der Waals surface area contributed by atoms with Crippen molar-refractivity contribution in [1.29, 1.82) is 0 Å². The number of pyridine rings is 1. The quantitative estimate of drug-likeness (QED) is 0.216. The molecular formula is C25H28BN7O5. The Bertz CT molecular complexity index is 1440. The molecule has 5 N–H and O–H groups in total. The van der Waals surface area contributed by atoms with Crippen LogP contribution in [0.5, 0.6) is 0 Å². The highest BCUT2D eigenvalue weighted by Gasteiger charge is 2.42. The first-order valence-corrected chi connectivity index (χ1v) is 12.0. The first-order chi connectivity index (χ1) is 18.0. The third-order valence-corrected chi connectivity index (χ3v) is 6.10. The molecule has 1 atom stereocenters. The number of nitrogens with zero attached hydrogens (tertiary/aromatic N) is 5. The van der Waals surface area contributed by atoms with Gasteiger partial charge >= 0.3 is 7.12 Å². The van der Waals surface area contributed by atoms with E-state index in [9.17, 15) is 15.2 Å². The van der Waals surface area contributed by atoms with Gasteiger partial charge in [-0.25, -0.2) is 15.0 Å². The number of nitrogens with one attached hydrogen (secondary N) is 2. The molecule has 1 aromatic carbocycles. The number of aliphatic hydroxyl groups excluding tert-OH is 1. The average molecular weight is 517 g/mol. The van der Waals surface area contributed by atoms with Crippen molar-refractivity contribution in [3.8, 4) is 11.5 Å². The molecule has 12 nitrogen and oxygen atoms in total. The van der Waals surface area contributed by atoms with Crippen LogP contribution >= 0.6 is 0 Å². The molecule has 1 aliphatic heterocycles. The van der Waals surface area contributed by atoms with Crippen molar-refractivity contribution in [2.75, 3.05) is 17.2 Å². The summed E-state index contributed by atoms with van der Waals surface area (Å²) >= 11 is 0. The van der Waals surface area contributed by atoms with Gasteiger partial charge < -0.3 is 34.9 Å². The van der Waals surface area contributed by atoms with Gasteiger partial charge in [-0.05, 0) is 33.3 Å². The Balaban J connectivity index is 1.51. The van der Waals surface area contributed by atoms with E-state index in [0.29, 0.717) is 28.2 Å². The molecule has 38 heavy (non-hydrogen) atoms. The second-order valence-corrected chi connectivity index (χ2v) is 9.98. The summed E-state index contributed by atoms with van der Waals surface area (Å²) in [7, 11) is -1.08. The molecule has 4 heterocycles. The van der Waals surface area contributed by atoms with Crippen LogP contribution in [0.3, 0.4) is 0 Å². The van der Waals surface area contributed by atoms with Gasteiger partial charge in [-0.2, -0.15) is 0 Å². The predicted molar refractivity (Wildman–Crippen MR) is 140 cm³/mol. The van der Waals surface area contributed by atoms with E-state index in [1.165, 1.54) is 12.4 Å². The van der Waals surface area contributed by atoms with Gasteiger partial charge in [0.2, 0.25) is 11.8 Å².